The normalized spacial score (nSPS) is 24.7. The highest BCUT2D eigenvalue weighted by Gasteiger charge is 2.41. The third-order valence-electron chi connectivity index (χ3n) is 2.65. The lowest BCUT2D eigenvalue weighted by Gasteiger charge is -2.13. The van der Waals surface area contributed by atoms with Crippen LogP contribution in [0.15, 0.2) is 22.7 Å². The Kier molecular flexibility index (Phi) is 3.17. The fourth-order valence-electron chi connectivity index (χ4n) is 1.80. The van der Waals surface area contributed by atoms with Crippen LogP contribution < -0.4 is 5.32 Å². The molecule has 2 rings (SSSR count). The second kappa shape index (κ2) is 4.30. The summed E-state index contributed by atoms with van der Waals surface area (Å²) in [6.07, 6.45) is 0. The molecule has 1 aliphatic rings. The van der Waals surface area contributed by atoms with Crippen LogP contribution >= 0.6 is 31.9 Å². The zero-order valence-corrected chi connectivity index (χ0v) is 11.6. The van der Waals surface area contributed by atoms with Crippen molar-refractivity contribution in [1.82, 2.24) is 5.32 Å². The summed E-state index contributed by atoms with van der Waals surface area (Å²) < 4.78 is 0.903. The summed E-state index contributed by atoms with van der Waals surface area (Å²) >= 11 is 6.62. The Morgan fingerprint density at radius 1 is 1.25 bits per heavy atom. The van der Waals surface area contributed by atoms with Gasteiger partial charge in [-0.2, -0.15) is 0 Å². The van der Waals surface area contributed by atoms with Crippen molar-refractivity contribution in [3.8, 4) is 0 Å². The molecule has 1 aromatic carbocycles. The van der Waals surface area contributed by atoms with Crippen molar-refractivity contribution in [3.05, 3.63) is 33.8 Å². The maximum Gasteiger partial charge on any atom is 0.241 e. The lowest BCUT2D eigenvalue weighted by atomic mass is 9.93. The molecule has 0 saturated carbocycles. The largest absolute Gasteiger partial charge is 0.295 e. The number of hydrogen-bond acceptors (Lipinski definition) is 2. The van der Waals surface area contributed by atoms with Gasteiger partial charge in [-0.15, -0.1) is 0 Å². The highest BCUT2D eigenvalue weighted by molar-refractivity contribution is 9.10. The number of alkyl halides is 1. The number of halogens is 2. The van der Waals surface area contributed by atoms with Crippen LogP contribution in [0.1, 0.15) is 17.0 Å². The SMILES string of the molecule is Cc1ccc(Br)cc1C1C(=O)NC(=O)C1Br. The third kappa shape index (κ3) is 1.94. The number of rotatable bonds is 1. The number of amides is 2. The number of nitrogens with one attached hydrogen (secondary N) is 1. The van der Waals surface area contributed by atoms with Gasteiger partial charge in [0, 0.05) is 4.47 Å². The molecule has 5 heteroatoms. The van der Waals surface area contributed by atoms with Gasteiger partial charge in [-0.05, 0) is 30.2 Å². The number of imide groups is 1. The Balaban J connectivity index is 2.48. The van der Waals surface area contributed by atoms with E-state index >= 15 is 0 Å². The molecule has 2 amide bonds. The predicted molar refractivity (Wildman–Crippen MR) is 67.5 cm³/mol. The van der Waals surface area contributed by atoms with Crippen LogP contribution in [0.25, 0.3) is 0 Å². The van der Waals surface area contributed by atoms with Gasteiger partial charge in [-0.3, -0.25) is 14.9 Å². The van der Waals surface area contributed by atoms with Gasteiger partial charge in [0.05, 0.1) is 5.92 Å². The van der Waals surface area contributed by atoms with Gasteiger partial charge in [0.15, 0.2) is 0 Å². The monoisotopic (exact) mass is 345 g/mol. The highest BCUT2D eigenvalue weighted by Crippen LogP contribution is 2.33. The Hall–Kier alpha value is -0.680. The van der Waals surface area contributed by atoms with Crippen molar-refractivity contribution in [2.45, 2.75) is 17.7 Å². The second-order valence-corrected chi connectivity index (χ2v) is 5.64. The Morgan fingerprint density at radius 2 is 1.94 bits per heavy atom. The zero-order chi connectivity index (χ0) is 11.9. The summed E-state index contributed by atoms with van der Waals surface area (Å²) in [6, 6.07) is 5.72. The maximum atomic E-state index is 11.7. The standard InChI is InChI=1S/C11H9Br2NO2/c1-5-2-3-6(12)4-7(5)8-9(13)11(16)14-10(8)15/h2-4,8-9H,1H3,(H,14,15,16). The van der Waals surface area contributed by atoms with Gasteiger partial charge in [0.25, 0.3) is 0 Å². The predicted octanol–water partition coefficient (Wildman–Crippen LogP) is 2.26. The fraction of sp³-hybridized carbons (Fsp3) is 0.273. The minimum absolute atomic E-state index is 0.243. The van der Waals surface area contributed by atoms with Gasteiger partial charge < -0.3 is 0 Å². The summed E-state index contributed by atoms with van der Waals surface area (Å²) in [5.41, 5.74) is 1.88. The smallest absolute Gasteiger partial charge is 0.241 e. The maximum absolute atomic E-state index is 11.7. The Bertz CT molecular complexity index is 473. The first-order valence-corrected chi connectivity index (χ1v) is 6.46. The van der Waals surface area contributed by atoms with E-state index in [1.54, 1.807) is 0 Å². The van der Waals surface area contributed by atoms with Crippen molar-refractivity contribution in [2.75, 3.05) is 0 Å². The van der Waals surface area contributed by atoms with E-state index in [4.69, 9.17) is 0 Å². The molecule has 0 spiro atoms. The van der Waals surface area contributed by atoms with Gasteiger partial charge in [-0.25, -0.2) is 0 Å². The number of benzene rings is 1. The van der Waals surface area contributed by atoms with Gasteiger partial charge in [0.1, 0.15) is 4.83 Å². The van der Waals surface area contributed by atoms with Crippen LogP contribution in [0, 0.1) is 6.92 Å². The molecule has 16 heavy (non-hydrogen) atoms. The summed E-state index contributed by atoms with van der Waals surface area (Å²) in [5.74, 6) is -0.951. The van der Waals surface area contributed by atoms with Crippen molar-refractivity contribution in [2.24, 2.45) is 0 Å². The number of hydrogen-bond donors (Lipinski definition) is 1. The van der Waals surface area contributed by atoms with Gasteiger partial charge >= 0.3 is 0 Å². The van der Waals surface area contributed by atoms with E-state index in [2.05, 4.69) is 37.2 Å². The van der Waals surface area contributed by atoms with E-state index < -0.39 is 10.7 Å². The molecule has 0 aliphatic carbocycles. The quantitative estimate of drug-likeness (QED) is 0.626. The van der Waals surface area contributed by atoms with Crippen LogP contribution in [0.5, 0.6) is 0 Å². The number of aryl methyl sites for hydroxylation is 1. The van der Waals surface area contributed by atoms with E-state index in [1.165, 1.54) is 0 Å². The van der Waals surface area contributed by atoms with Crippen molar-refractivity contribution in [3.63, 3.8) is 0 Å². The fourth-order valence-corrected chi connectivity index (χ4v) is 2.82. The molecule has 0 aromatic heterocycles. The molecule has 1 fully saturated rings. The first-order valence-electron chi connectivity index (χ1n) is 4.75. The summed E-state index contributed by atoms with van der Waals surface area (Å²) in [7, 11) is 0. The lowest BCUT2D eigenvalue weighted by Crippen LogP contribution is -2.22. The van der Waals surface area contributed by atoms with Gasteiger partial charge in [0.2, 0.25) is 11.8 Å². The molecule has 3 nitrogen and oxygen atoms in total. The minimum atomic E-state index is -0.479. The van der Waals surface area contributed by atoms with E-state index in [0.29, 0.717) is 0 Å². The van der Waals surface area contributed by atoms with E-state index in [1.807, 2.05) is 25.1 Å². The van der Waals surface area contributed by atoms with Crippen LogP contribution in [0.2, 0.25) is 0 Å². The molecule has 1 saturated heterocycles. The summed E-state index contributed by atoms with van der Waals surface area (Å²) in [5, 5.41) is 2.32. The molecule has 2 unspecified atom stereocenters. The van der Waals surface area contributed by atoms with E-state index in [0.717, 1.165) is 15.6 Å². The van der Waals surface area contributed by atoms with Crippen LogP contribution in [-0.4, -0.2) is 16.6 Å². The first-order chi connectivity index (χ1) is 7.50. The molecular weight excluding hydrogens is 338 g/mol. The van der Waals surface area contributed by atoms with E-state index in [-0.39, 0.29) is 11.8 Å². The first kappa shape index (κ1) is 11.8. The second-order valence-electron chi connectivity index (χ2n) is 3.73. The molecule has 1 aromatic rings. The lowest BCUT2D eigenvalue weighted by molar-refractivity contribution is -0.125. The number of carbonyl (C=O) groups excluding carboxylic acids is 2. The zero-order valence-electron chi connectivity index (χ0n) is 8.46. The molecule has 1 aliphatic heterocycles. The summed E-state index contributed by atoms with van der Waals surface area (Å²) in [6.45, 7) is 1.93. The Morgan fingerprint density at radius 3 is 2.50 bits per heavy atom. The third-order valence-corrected chi connectivity index (χ3v) is 4.09. The Labute approximate surface area is 110 Å². The number of carbonyl (C=O) groups is 2. The van der Waals surface area contributed by atoms with Crippen LogP contribution in [0.4, 0.5) is 0 Å². The molecule has 0 radical (unpaired) electrons. The van der Waals surface area contributed by atoms with E-state index in [9.17, 15) is 9.59 Å². The van der Waals surface area contributed by atoms with Crippen LogP contribution in [-0.2, 0) is 9.59 Å². The molecule has 2 atom stereocenters. The molecular formula is C11H9Br2NO2. The molecule has 0 bridgehead atoms. The van der Waals surface area contributed by atoms with Crippen molar-refractivity contribution in [1.29, 1.82) is 0 Å². The summed E-state index contributed by atoms with van der Waals surface area (Å²) in [4.78, 5) is 22.6. The average molecular weight is 347 g/mol. The van der Waals surface area contributed by atoms with Crippen LogP contribution in [0.3, 0.4) is 0 Å². The topological polar surface area (TPSA) is 46.2 Å². The molecule has 1 heterocycles. The molecule has 1 N–H and O–H groups in total. The minimum Gasteiger partial charge on any atom is -0.295 e. The highest BCUT2D eigenvalue weighted by atomic mass is 79.9. The molecule has 84 valence electrons. The van der Waals surface area contributed by atoms with Crippen molar-refractivity contribution >= 4 is 43.7 Å². The van der Waals surface area contributed by atoms with Gasteiger partial charge in [-0.1, -0.05) is 37.9 Å². The van der Waals surface area contributed by atoms with Crippen molar-refractivity contribution < 1.29 is 9.59 Å². The average Bonchev–Trinajstić information content (AvgIpc) is 2.46.